The summed E-state index contributed by atoms with van der Waals surface area (Å²) in [7, 11) is 0. The van der Waals surface area contributed by atoms with Crippen LogP contribution in [0.5, 0.6) is 0 Å². The van der Waals surface area contributed by atoms with Crippen LogP contribution in [0.15, 0.2) is 89.7 Å². The Kier molecular flexibility index (Phi) is 5.68. The van der Waals surface area contributed by atoms with Crippen LogP contribution in [0.25, 0.3) is 42.4 Å². The lowest BCUT2D eigenvalue weighted by molar-refractivity contribution is 0.590. The zero-order valence-corrected chi connectivity index (χ0v) is 22.2. The van der Waals surface area contributed by atoms with Gasteiger partial charge in [0, 0.05) is 20.2 Å². The zero-order valence-electron chi connectivity index (χ0n) is 21.4. The second-order valence-electron chi connectivity index (χ2n) is 11.5. The van der Waals surface area contributed by atoms with E-state index >= 15 is 0 Å². The van der Waals surface area contributed by atoms with Crippen molar-refractivity contribution in [2.24, 2.45) is 0 Å². The van der Waals surface area contributed by atoms with Crippen LogP contribution in [0.4, 0.5) is 0 Å². The second-order valence-corrected chi connectivity index (χ2v) is 12.6. The van der Waals surface area contributed by atoms with Gasteiger partial charge in [0.2, 0.25) is 0 Å². The summed E-state index contributed by atoms with van der Waals surface area (Å²) in [5.74, 6) is 0. The Labute approximate surface area is 212 Å². The van der Waals surface area contributed by atoms with E-state index in [-0.39, 0.29) is 16.3 Å². The highest BCUT2D eigenvalue weighted by Gasteiger charge is 2.15. The van der Waals surface area contributed by atoms with Gasteiger partial charge in [-0.2, -0.15) is 0 Å². The molecule has 0 spiro atoms. The highest BCUT2D eigenvalue weighted by Crippen LogP contribution is 2.33. The largest absolute Gasteiger partial charge is 0.289 e. The molecule has 1 heterocycles. The van der Waals surface area contributed by atoms with Crippen LogP contribution < -0.4 is 5.43 Å². The lowest BCUT2D eigenvalue weighted by Crippen LogP contribution is -2.10. The van der Waals surface area contributed by atoms with Gasteiger partial charge < -0.3 is 0 Å². The maximum Gasteiger partial charge on any atom is 0.195 e. The van der Waals surface area contributed by atoms with E-state index in [1.807, 2.05) is 0 Å². The van der Waals surface area contributed by atoms with Crippen molar-refractivity contribution in [2.45, 2.75) is 52.4 Å². The first-order chi connectivity index (χ1) is 16.5. The maximum absolute atomic E-state index is 13.6. The Balaban J connectivity index is 1.58. The number of fused-ring (bicyclic) bond motifs is 2. The van der Waals surface area contributed by atoms with E-state index < -0.39 is 0 Å². The second kappa shape index (κ2) is 8.46. The summed E-state index contributed by atoms with van der Waals surface area (Å²) >= 11 is 1.68. The summed E-state index contributed by atoms with van der Waals surface area (Å²) in [4.78, 5) is 13.6. The Bertz CT molecular complexity index is 1470. The molecule has 0 unspecified atom stereocenters. The van der Waals surface area contributed by atoms with E-state index in [0.717, 1.165) is 42.4 Å². The molecule has 0 aliphatic carbocycles. The first kappa shape index (κ1) is 23.5. The van der Waals surface area contributed by atoms with Crippen LogP contribution >= 0.6 is 11.3 Å². The summed E-state index contributed by atoms with van der Waals surface area (Å²) in [6.45, 7) is 13.3. The van der Waals surface area contributed by atoms with E-state index in [2.05, 4.69) is 126 Å². The molecule has 0 aliphatic rings. The van der Waals surface area contributed by atoms with Crippen molar-refractivity contribution in [2.75, 3.05) is 0 Å². The van der Waals surface area contributed by atoms with Gasteiger partial charge in [-0.25, -0.2) is 0 Å². The van der Waals surface area contributed by atoms with Gasteiger partial charge in [-0.05, 0) is 68.5 Å². The molecular weight excluding hydrogens is 444 g/mol. The summed E-state index contributed by atoms with van der Waals surface area (Å²) in [5, 5.41) is 1.58. The van der Waals surface area contributed by atoms with E-state index in [1.165, 1.54) is 11.1 Å². The normalized spacial score (nSPS) is 12.4. The highest BCUT2D eigenvalue weighted by atomic mass is 32.1. The number of rotatable bonds is 2. The van der Waals surface area contributed by atoms with Gasteiger partial charge >= 0.3 is 0 Å². The molecule has 0 bridgehead atoms. The van der Waals surface area contributed by atoms with E-state index in [9.17, 15) is 4.79 Å². The van der Waals surface area contributed by atoms with Gasteiger partial charge in [0.15, 0.2) is 5.43 Å². The minimum atomic E-state index is 0.107. The van der Waals surface area contributed by atoms with Crippen LogP contribution in [0.2, 0.25) is 0 Å². The zero-order chi connectivity index (χ0) is 25.0. The molecular formula is C33H32OS. The molecule has 0 radical (unpaired) electrons. The van der Waals surface area contributed by atoms with Crippen molar-refractivity contribution in [3.8, 4) is 22.3 Å². The van der Waals surface area contributed by atoms with Crippen LogP contribution in [-0.4, -0.2) is 0 Å². The third kappa shape index (κ3) is 4.56. The van der Waals surface area contributed by atoms with Crippen molar-refractivity contribution in [3.63, 3.8) is 0 Å². The standard InChI is InChI=1S/C33H32OS/c1-32(2,3)25-13-7-21(8-14-25)23-11-17-29-27(19-23)31(34)28-20-24(12-18-30(28)35-29)22-9-15-26(16-10-22)33(4,5)6/h7-20H,1-6H3. The number of hydrogen-bond acceptors (Lipinski definition) is 2. The van der Waals surface area contributed by atoms with Crippen molar-refractivity contribution < 1.29 is 0 Å². The summed E-state index contributed by atoms with van der Waals surface area (Å²) in [6, 6.07) is 30.0. The first-order valence-electron chi connectivity index (χ1n) is 12.2. The fraction of sp³-hybridized carbons (Fsp3) is 0.242. The first-order valence-corrected chi connectivity index (χ1v) is 13.0. The quantitative estimate of drug-likeness (QED) is 0.232. The molecule has 5 aromatic rings. The Hall–Kier alpha value is -3.23. The van der Waals surface area contributed by atoms with Crippen molar-refractivity contribution in [3.05, 3.63) is 106 Å². The summed E-state index contributed by atoms with van der Waals surface area (Å²) < 4.78 is 2.06. The Morgan fingerprint density at radius 1 is 0.486 bits per heavy atom. The third-order valence-electron chi connectivity index (χ3n) is 6.84. The molecule has 0 fully saturated rings. The molecule has 0 atom stereocenters. The van der Waals surface area contributed by atoms with Crippen LogP contribution in [0.3, 0.4) is 0 Å². The van der Waals surface area contributed by atoms with Gasteiger partial charge in [-0.3, -0.25) is 4.79 Å². The SMILES string of the molecule is CC(C)(C)c1ccc(-c2ccc3sc4ccc(-c5ccc(C(C)(C)C)cc5)cc4c(=O)c3c2)cc1. The fourth-order valence-corrected chi connectivity index (χ4v) is 5.57. The molecule has 0 saturated heterocycles. The molecule has 0 N–H and O–H groups in total. The van der Waals surface area contributed by atoms with Crippen molar-refractivity contribution >= 4 is 31.5 Å². The summed E-state index contributed by atoms with van der Waals surface area (Å²) in [6.07, 6.45) is 0. The average molecular weight is 477 g/mol. The molecule has 0 amide bonds. The molecule has 2 heteroatoms. The maximum atomic E-state index is 13.6. The van der Waals surface area contributed by atoms with E-state index in [0.29, 0.717) is 0 Å². The van der Waals surface area contributed by atoms with Crippen molar-refractivity contribution in [1.82, 2.24) is 0 Å². The minimum absolute atomic E-state index is 0.107. The van der Waals surface area contributed by atoms with Crippen molar-refractivity contribution in [1.29, 1.82) is 0 Å². The monoisotopic (exact) mass is 476 g/mol. The fourth-order valence-electron chi connectivity index (χ4n) is 4.54. The Morgan fingerprint density at radius 3 is 1.17 bits per heavy atom. The molecule has 176 valence electrons. The molecule has 5 rings (SSSR count). The summed E-state index contributed by atoms with van der Waals surface area (Å²) in [5.41, 5.74) is 7.39. The highest BCUT2D eigenvalue weighted by molar-refractivity contribution is 7.24. The van der Waals surface area contributed by atoms with Gasteiger partial charge in [0.1, 0.15) is 0 Å². The van der Waals surface area contributed by atoms with Crippen LogP contribution in [-0.2, 0) is 10.8 Å². The third-order valence-corrected chi connectivity index (χ3v) is 7.99. The topological polar surface area (TPSA) is 17.1 Å². The molecule has 0 aliphatic heterocycles. The smallest absolute Gasteiger partial charge is 0.195 e. The number of benzene rings is 4. The van der Waals surface area contributed by atoms with Gasteiger partial charge in [-0.1, -0.05) is 102 Å². The predicted octanol–water partition coefficient (Wildman–Crippen LogP) is 9.34. The minimum Gasteiger partial charge on any atom is -0.289 e. The lowest BCUT2D eigenvalue weighted by atomic mass is 9.86. The molecule has 1 nitrogen and oxygen atoms in total. The average Bonchev–Trinajstić information content (AvgIpc) is 2.83. The van der Waals surface area contributed by atoms with E-state index in [1.54, 1.807) is 11.3 Å². The van der Waals surface area contributed by atoms with Crippen LogP contribution in [0, 0.1) is 0 Å². The molecule has 35 heavy (non-hydrogen) atoms. The Morgan fingerprint density at radius 2 is 0.829 bits per heavy atom. The van der Waals surface area contributed by atoms with Gasteiger partial charge in [0.05, 0.1) is 0 Å². The van der Waals surface area contributed by atoms with Gasteiger partial charge in [-0.15, -0.1) is 11.3 Å². The lowest BCUT2D eigenvalue weighted by Gasteiger charge is -2.19. The number of hydrogen-bond donors (Lipinski definition) is 0. The molecule has 1 aromatic heterocycles. The van der Waals surface area contributed by atoms with E-state index in [4.69, 9.17) is 0 Å². The molecule has 4 aromatic carbocycles. The van der Waals surface area contributed by atoms with Crippen LogP contribution in [0.1, 0.15) is 52.7 Å². The predicted molar refractivity (Wildman–Crippen MR) is 154 cm³/mol. The molecule has 0 saturated carbocycles. The van der Waals surface area contributed by atoms with Gasteiger partial charge in [0.25, 0.3) is 0 Å².